The van der Waals surface area contributed by atoms with E-state index in [4.69, 9.17) is 0 Å². The van der Waals surface area contributed by atoms with E-state index in [0.29, 0.717) is 11.4 Å². The van der Waals surface area contributed by atoms with Crippen LogP contribution in [0.3, 0.4) is 0 Å². The number of hydrogen-bond acceptors (Lipinski definition) is 2. The zero-order valence-electron chi connectivity index (χ0n) is 12.1. The molecular weight excluding hydrogens is 338 g/mol. The van der Waals surface area contributed by atoms with Crippen molar-refractivity contribution < 1.29 is 8.42 Å². The van der Waals surface area contributed by atoms with E-state index in [0.717, 1.165) is 29.3 Å². The summed E-state index contributed by atoms with van der Waals surface area (Å²) in [6, 6.07) is 5.45. The molecule has 0 radical (unpaired) electrons. The van der Waals surface area contributed by atoms with Crippen molar-refractivity contribution in [2.45, 2.75) is 44.4 Å². The van der Waals surface area contributed by atoms with E-state index >= 15 is 0 Å². The van der Waals surface area contributed by atoms with Crippen LogP contribution >= 0.6 is 15.9 Å². The Balaban J connectivity index is 2.15. The number of benzene rings is 1. The molecule has 1 N–H and O–H groups in total. The van der Waals surface area contributed by atoms with Gasteiger partial charge in [0.2, 0.25) is 10.0 Å². The van der Waals surface area contributed by atoms with E-state index in [1.165, 1.54) is 12.8 Å². The smallest absolute Gasteiger partial charge is 0.211 e. The number of rotatable bonds is 5. The maximum atomic E-state index is 12.5. The van der Waals surface area contributed by atoms with E-state index in [2.05, 4.69) is 20.7 Å². The molecule has 0 unspecified atom stereocenters. The first-order chi connectivity index (χ1) is 9.38. The minimum atomic E-state index is -3.41. The molecular formula is C15H22BrNO2S. The third-order valence-electron chi connectivity index (χ3n) is 4.20. The number of sulfonamides is 1. The molecule has 0 aromatic heterocycles. The zero-order valence-corrected chi connectivity index (χ0v) is 14.5. The molecule has 3 nitrogen and oxygen atoms in total. The molecule has 2 rings (SSSR count). The van der Waals surface area contributed by atoms with Gasteiger partial charge in [0.25, 0.3) is 0 Å². The van der Waals surface area contributed by atoms with Crippen LogP contribution in [-0.2, 0) is 10.0 Å². The Morgan fingerprint density at radius 1 is 1.25 bits per heavy atom. The van der Waals surface area contributed by atoms with Crippen molar-refractivity contribution in [1.29, 1.82) is 0 Å². The Hall–Kier alpha value is -0.390. The largest absolute Gasteiger partial charge is 0.240 e. The lowest BCUT2D eigenvalue weighted by Gasteiger charge is -2.26. The molecule has 1 aliphatic carbocycles. The monoisotopic (exact) mass is 359 g/mol. The molecule has 1 aliphatic rings. The van der Waals surface area contributed by atoms with Crippen molar-refractivity contribution in [3.8, 4) is 0 Å². The van der Waals surface area contributed by atoms with E-state index in [9.17, 15) is 8.42 Å². The summed E-state index contributed by atoms with van der Waals surface area (Å²) in [5, 5.41) is 0.857. The second-order valence-electron chi connectivity index (χ2n) is 5.93. The molecule has 1 fully saturated rings. The predicted molar refractivity (Wildman–Crippen MR) is 85.8 cm³/mol. The van der Waals surface area contributed by atoms with Gasteiger partial charge in [0.15, 0.2) is 0 Å². The van der Waals surface area contributed by atoms with Crippen molar-refractivity contribution in [3.63, 3.8) is 0 Å². The minimum Gasteiger partial charge on any atom is -0.211 e. The highest BCUT2D eigenvalue weighted by Crippen LogP contribution is 2.39. The van der Waals surface area contributed by atoms with Crippen LogP contribution in [0.25, 0.3) is 0 Å². The van der Waals surface area contributed by atoms with Crippen LogP contribution in [0.1, 0.15) is 36.8 Å². The summed E-state index contributed by atoms with van der Waals surface area (Å²) in [7, 11) is -3.41. The van der Waals surface area contributed by atoms with Crippen LogP contribution in [0.5, 0.6) is 0 Å². The van der Waals surface area contributed by atoms with Gasteiger partial charge in [-0.3, -0.25) is 0 Å². The van der Waals surface area contributed by atoms with Crippen molar-refractivity contribution in [3.05, 3.63) is 29.3 Å². The second-order valence-corrected chi connectivity index (χ2v) is 8.23. The number of halogens is 1. The predicted octanol–water partition coefficient (Wildman–Crippen LogP) is 3.54. The highest BCUT2D eigenvalue weighted by atomic mass is 79.9. The van der Waals surface area contributed by atoms with Crippen LogP contribution in [0.15, 0.2) is 23.1 Å². The van der Waals surface area contributed by atoms with Crippen LogP contribution in [0.4, 0.5) is 0 Å². The fourth-order valence-electron chi connectivity index (χ4n) is 2.91. The molecule has 1 aromatic carbocycles. The Morgan fingerprint density at radius 2 is 1.90 bits per heavy atom. The van der Waals surface area contributed by atoms with Gasteiger partial charge in [-0.15, -0.1) is 0 Å². The van der Waals surface area contributed by atoms with Crippen LogP contribution in [0.2, 0.25) is 0 Å². The summed E-state index contributed by atoms with van der Waals surface area (Å²) < 4.78 is 27.7. The number of alkyl halides is 1. The third kappa shape index (κ3) is 3.43. The van der Waals surface area contributed by atoms with Gasteiger partial charge in [0.1, 0.15) is 0 Å². The highest BCUT2D eigenvalue weighted by molar-refractivity contribution is 9.09. The lowest BCUT2D eigenvalue weighted by molar-refractivity contribution is 0.347. The van der Waals surface area contributed by atoms with Crippen molar-refractivity contribution in [2.75, 3.05) is 11.9 Å². The average Bonchev–Trinajstić information content (AvgIpc) is 2.85. The lowest BCUT2D eigenvalue weighted by Crippen LogP contribution is -2.37. The van der Waals surface area contributed by atoms with E-state index in [1.807, 2.05) is 26.0 Å². The molecule has 20 heavy (non-hydrogen) atoms. The molecule has 0 spiro atoms. The maximum Gasteiger partial charge on any atom is 0.240 e. The molecule has 1 saturated carbocycles. The lowest BCUT2D eigenvalue weighted by atomic mass is 9.89. The van der Waals surface area contributed by atoms with Gasteiger partial charge >= 0.3 is 0 Å². The molecule has 0 amide bonds. The Bertz CT molecular complexity index is 578. The molecule has 0 bridgehead atoms. The van der Waals surface area contributed by atoms with Gasteiger partial charge in [-0.2, -0.15) is 0 Å². The molecule has 112 valence electrons. The van der Waals surface area contributed by atoms with Crippen molar-refractivity contribution >= 4 is 26.0 Å². The summed E-state index contributed by atoms with van der Waals surface area (Å²) in [4.78, 5) is 0.394. The van der Waals surface area contributed by atoms with E-state index < -0.39 is 10.0 Å². The number of nitrogens with one attached hydrogen (secondary N) is 1. The number of aryl methyl sites for hydroxylation is 2. The first kappa shape index (κ1) is 16.0. The normalized spacial score (nSPS) is 18.4. The summed E-state index contributed by atoms with van der Waals surface area (Å²) in [5.74, 6) is 0. The molecule has 0 heterocycles. The summed E-state index contributed by atoms with van der Waals surface area (Å²) >= 11 is 3.55. The fraction of sp³-hybridized carbons (Fsp3) is 0.600. The summed E-state index contributed by atoms with van der Waals surface area (Å²) in [6.45, 7) is 4.33. The maximum absolute atomic E-state index is 12.5. The standard InChI is InChI=1S/C15H22BrNO2S/c1-12-5-6-14(13(2)9-12)20(18,19)17-11-15(10-16)7-3-4-8-15/h5-6,9,17H,3-4,7-8,10-11H2,1-2H3. The minimum absolute atomic E-state index is 0.0890. The fourth-order valence-corrected chi connectivity index (χ4v) is 5.05. The number of hydrogen-bond donors (Lipinski definition) is 1. The average molecular weight is 360 g/mol. The Morgan fingerprint density at radius 3 is 2.45 bits per heavy atom. The molecule has 0 saturated heterocycles. The first-order valence-electron chi connectivity index (χ1n) is 7.01. The zero-order chi connectivity index (χ0) is 14.8. The van der Waals surface area contributed by atoms with Gasteiger partial charge in [-0.05, 0) is 43.7 Å². The van der Waals surface area contributed by atoms with Gasteiger partial charge < -0.3 is 0 Å². The van der Waals surface area contributed by atoms with Gasteiger partial charge in [0.05, 0.1) is 4.90 Å². The van der Waals surface area contributed by atoms with E-state index in [1.54, 1.807) is 6.07 Å². The summed E-state index contributed by atoms with van der Waals surface area (Å²) in [6.07, 6.45) is 4.56. The Kier molecular flexibility index (Phi) is 4.92. The van der Waals surface area contributed by atoms with Crippen LogP contribution < -0.4 is 4.72 Å². The van der Waals surface area contributed by atoms with Crippen molar-refractivity contribution in [1.82, 2.24) is 4.72 Å². The second kappa shape index (κ2) is 6.16. The van der Waals surface area contributed by atoms with Crippen LogP contribution in [-0.4, -0.2) is 20.3 Å². The molecule has 0 aliphatic heterocycles. The topological polar surface area (TPSA) is 46.2 Å². The van der Waals surface area contributed by atoms with Crippen molar-refractivity contribution in [2.24, 2.45) is 5.41 Å². The molecule has 1 aromatic rings. The van der Waals surface area contributed by atoms with Crippen LogP contribution in [0, 0.1) is 19.3 Å². The van der Waals surface area contributed by atoms with Gasteiger partial charge in [0, 0.05) is 11.9 Å². The molecule has 5 heteroatoms. The summed E-state index contributed by atoms with van der Waals surface area (Å²) in [5.41, 5.74) is 1.97. The van der Waals surface area contributed by atoms with Gasteiger partial charge in [-0.1, -0.05) is 46.5 Å². The Labute approximate surface area is 130 Å². The van der Waals surface area contributed by atoms with E-state index in [-0.39, 0.29) is 5.41 Å². The first-order valence-corrected chi connectivity index (χ1v) is 9.62. The third-order valence-corrected chi connectivity index (χ3v) is 6.96. The highest BCUT2D eigenvalue weighted by Gasteiger charge is 2.34. The SMILES string of the molecule is Cc1ccc(S(=O)(=O)NCC2(CBr)CCCC2)c(C)c1. The van der Waals surface area contributed by atoms with Gasteiger partial charge in [-0.25, -0.2) is 13.1 Å². The molecule has 0 atom stereocenters. The quantitative estimate of drug-likeness (QED) is 0.817.